The summed E-state index contributed by atoms with van der Waals surface area (Å²) in [6, 6.07) is 11.5. The first kappa shape index (κ1) is 20.5. The van der Waals surface area contributed by atoms with Gasteiger partial charge in [0.25, 0.3) is 11.8 Å². The zero-order chi connectivity index (χ0) is 21.2. The Morgan fingerprint density at radius 3 is 2.24 bits per heavy atom. The predicted molar refractivity (Wildman–Crippen MR) is 109 cm³/mol. The van der Waals surface area contributed by atoms with Crippen LogP contribution in [-0.4, -0.2) is 43.8 Å². The molecule has 3 amide bonds. The third kappa shape index (κ3) is 4.80. The molecule has 1 aliphatic heterocycles. The summed E-state index contributed by atoms with van der Waals surface area (Å²) < 4.78 is 25.3. The molecule has 0 radical (unpaired) electrons. The van der Waals surface area contributed by atoms with Gasteiger partial charge >= 0.3 is 0 Å². The molecule has 2 aromatic carbocycles. The van der Waals surface area contributed by atoms with Gasteiger partial charge < -0.3 is 5.32 Å². The molecule has 0 saturated heterocycles. The molecule has 0 spiro atoms. The van der Waals surface area contributed by atoms with Gasteiger partial charge in [-0.1, -0.05) is 18.2 Å². The number of carbonyl (C=O) groups excluding carboxylic acids is 3. The van der Waals surface area contributed by atoms with E-state index in [9.17, 15) is 22.8 Å². The summed E-state index contributed by atoms with van der Waals surface area (Å²) in [6.07, 6.45) is 1.48. The van der Waals surface area contributed by atoms with Gasteiger partial charge in [0.2, 0.25) is 15.9 Å². The molecule has 3 rings (SSSR count). The summed E-state index contributed by atoms with van der Waals surface area (Å²) in [6.45, 7) is 1.90. The number of fused-ring (bicyclic) bond motifs is 1. The third-order valence-electron chi connectivity index (χ3n) is 4.48. The van der Waals surface area contributed by atoms with Crippen LogP contribution < -0.4 is 10.0 Å². The minimum Gasteiger partial charge on any atom is -0.326 e. The lowest BCUT2D eigenvalue weighted by molar-refractivity contribution is -0.116. The highest BCUT2D eigenvalue weighted by atomic mass is 32.2. The van der Waals surface area contributed by atoms with Crippen LogP contribution in [0.3, 0.4) is 0 Å². The van der Waals surface area contributed by atoms with E-state index >= 15 is 0 Å². The molecule has 0 saturated carbocycles. The SMILES string of the molecule is Cc1ccc(NC(=O)CCCN2C(=O)c3ccccc3C2=O)cc1NS(C)(=O)=O. The van der Waals surface area contributed by atoms with E-state index in [0.717, 1.165) is 16.7 Å². The van der Waals surface area contributed by atoms with E-state index in [0.29, 0.717) is 28.9 Å². The molecule has 8 nitrogen and oxygen atoms in total. The molecule has 2 aromatic rings. The number of amides is 3. The fourth-order valence-electron chi connectivity index (χ4n) is 3.07. The average Bonchev–Trinajstić information content (AvgIpc) is 2.88. The second-order valence-corrected chi connectivity index (χ2v) is 8.61. The molecule has 0 atom stereocenters. The number of carbonyl (C=O) groups is 3. The highest BCUT2D eigenvalue weighted by molar-refractivity contribution is 7.92. The van der Waals surface area contributed by atoms with Crippen LogP contribution in [0.15, 0.2) is 42.5 Å². The predicted octanol–water partition coefficient (Wildman–Crippen LogP) is 2.38. The molecule has 0 bridgehead atoms. The molecule has 9 heteroatoms. The van der Waals surface area contributed by atoms with Crippen molar-refractivity contribution >= 4 is 39.1 Å². The molecule has 0 unspecified atom stereocenters. The van der Waals surface area contributed by atoms with Gasteiger partial charge in [0.05, 0.1) is 23.1 Å². The summed E-state index contributed by atoms with van der Waals surface area (Å²) in [5.74, 6) is -0.988. The van der Waals surface area contributed by atoms with Crippen LogP contribution in [-0.2, 0) is 14.8 Å². The first-order chi connectivity index (χ1) is 13.7. The first-order valence-electron chi connectivity index (χ1n) is 8.99. The van der Waals surface area contributed by atoms with Crippen molar-refractivity contribution < 1.29 is 22.8 Å². The van der Waals surface area contributed by atoms with Crippen molar-refractivity contribution in [3.63, 3.8) is 0 Å². The lowest BCUT2D eigenvalue weighted by Gasteiger charge is -2.14. The maximum atomic E-state index is 12.3. The maximum absolute atomic E-state index is 12.3. The lowest BCUT2D eigenvalue weighted by atomic mass is 10.1. The molecule has 2 N–H and O–H groups in total. The number of sulfonamides is 1. The summed E-state index contributed by atoms with van der Waals surface area (Å²) in [5, 5.41) is 2.70. The van der Waals surface area contributed by atoms with E-state index in [2.05, 4.69) is 10.0 Å². The Labute approximate surface area is 169 Å². The van der Waals surface area contributed by atoms with E-state index in [1.165, 1.54) is 0 Å². The van der Waals surface area contributed by atoms with Crippen molar-refractivity contribution in [1.82, 2.24) is 4.90 Å². The summed E-state index contributed by atoms with van der Waals surface area (Å²) in [5.41, 5.74) is 2.32. The Kier molecular flexibility index (Phi) is 5.69. The van der Waals surface area contributed by atoms with Crippen LogP contribution in [0, 0.1) is 6.92 Å². The lowest BCUT2D eigenvalue weighted by Crippen LogP contribution is -2.31. The Bertz CT molecular complexity index is 1060. The standard InChI is InChI=1S/C20H21N3O5S/c1-13-9-10-14(12-17(13)22-29(2,27)28)21-18(24)8-5-11-23-19(25)15-6-3-4-7-16(15)20(23)26/h3-4,6-7,9-10,12,22H,5,8,11H2,1-2H3,(H,21,24). The molecule has 0 aromatic heterocycles. The van der Waals surface area contributed by atoms with Gasteiger partial charge in [-0.25, -0.2) is 8.42 Å². The van der Waals surface area contributed by atoms with Crippen molar-refractivity contribution in [2.24, 2.45) is 0 Å². The van der Waals surface area contributed by atoms with Gasteiger partial charge in [-0.2, -0.15) is 0 Å². The number of aryl methyl sites for hydroxylation is 1. The van der Waals surface area contributed by atoms with Crippen molar-refractivity contribution in [3.8, 4) is 0 Å². The molecule has 1 aliphatic rings. The molecule has 152 valence electrons. The number of hydrogen-bond donors (Lipinski definition) is 2. The van der Waals surface area contributed by atoms with Crippen molar-refractivity contribution in [3.05, 3.63) is 59.2 Å². The quantitative estimate of drug-likeness (QED) is 0.674. The first-order valence-corrected chi connectivity index (χ1v) is 10.9. The molecule has 0 aliphatic carbocycles. The molecular formula is C20H21N3O5S. The summed E-state index contributed by atoms with van der Waals surface area (Å²) in [7, 11) is -3.43. The fourth-order valence-corrected chi connectivity index (χ4v) is 3.69. The number of benzene rings is 2. The number of hydrogen-bond acceptors (Lipinski definition) is 5. The highest BCUT2D eigenvalue weighted by Gasteiger charge is 2.34. The highest BCUT2D eigenvalue weighted by Crippen LogP contribution is 2.23. The third-order valence-corrected chi connectivity index (χ3v) is 5.07. The monoisotopic (exact) mass is 415 g/mol. The van der Waals surface area contributed by atoms with Crippen LogP contribution in [0.1, 0.15) is 39.1 Å². The van der Waals surface area contributed by atoms with Crippen molar-refractivity contribution in [2.45, 2.75) is 19.8 Å². The number of nitrogens with one attached hydrogen (secondary N) is 2. The van der Waals surface area contributed by atoms with Gasteiger partial charge in [-0.05, 0) is 43.2 Å². The van der Waals surface area contributed by atoms with Gasteiger partial charge in [0.15, 0.2) is 0 Å². The Balaban J connectivity index is 1.56. The van der Waals surface area contributed by atoms with Crippen LogP contribution in [0.25, 0.3) is 0 Å². The molecule has 29 heavy (non-hydrogen) atoms. The van der Waals surface area contributed by atoms with Crippen LogP contribution in [0.5, 0.6) is 0 Å². The number of nitrogens with zero attached hydrogens (tertiary/aromatic N) is 1. The van der Waals surface area contributed by atoms with Crippen molar-refractivity contribution in [2.75, 3.05) is 22.8 Å². The zero-order valence-corrected chi connectivity index (χ0v) is 16.9. The van der Waals surface area contributed by atoms with E-state index in [4.69, 9.17) is 0 Å². The topological polar surface area (TPSA) is 113 Å². The second-order valence-electron chi connectivity index (χ2n) is 6.86. The van der Waals surface area contributed by atoms with Crippen LogP contribution in [0.2, 0.25) is 0 Å². The largest absolute Gasteiger partial charge is 0.326 e. The van der Waals surface area contributed by atoms with Crippen LogP contribution >= 0.6 is 0 Å². The van der Waals surface area contributed by atoms with E-state index < -0.39 is 10.0 Å². The minimum atomic E-state index is -3.43. The molecule has 1 heterocycles. The normalized spacial score (nSPS) is 13.4. The van der Waals surface area contributed by atoms with E-state index in [-0.39, 0.29) is 30.7 Å². The summed E-state index contributed by atoms with van der Waals surface area (Å²) >= 11 is 0. The molecule has 0 fully saturated rings. The van der Waals surface area contributed by atoms with Crippen molar-refractivity contribution in [1.29, 1.82) is 0 Å². The van der Waals surface area contributed by atoms with Gasteiger partial charge in [-0.15, -0.1) is 0 Å². The number of rotatable bonds is 7. The second kappa shape index (κ2) is 8.04. The Hall–Kier alpha value is -3.20. The average molecular weight is 415 g/mol. The van der Waals surface area contributed by atoms with Crippen LogP contribution in [0.4, 0.5) is 11.4 Å². The maximum Gasteiger partial charge on any atom is 0.261 e. The summed E-state index contributed by atoms with van der Waals surface area (Å²) in [4.78, 5) is 38.0. The van der Waals surface area contributed by atoms with E-state index in [1.807, 2.05) is 0 Å². The fraction of sp³-hybridized carbons (Fsp3) is 0.250. The van der Waals surface area contributed by atoms with Gasteiger partial charge in [0.1, 0.15) is 0 Å². The van der Waals surface area contributed by atoms with E-state index in [1.54, 1.807) is 49.4 Å². The molecular weight excluding hydrogens is 394 g/mol. The van der Waals surface area contributed by atoms with Gasteiger partial charge in [-0.3, -0.25) is 24.0 Å². The van der Waals surface area contributed by atoms with Gasteiger partial charge in [0, 0.05) is 18.7 Å². The number of imide groups is 1. The number of anilines is 2. The Morgan fingerprint density at radius 1 is 1.03 bits per heavy atom. The smallest absolute Gasteiger partial charge is 0.261 e. The minimum absolute atomic E-state index is 0.107. The zero-order valence-electron chi connectivity index (χ0n) is 16.1. The Morgan fingerprint density at radius 2 is 1.66 bits per heavy atom.